The molecule has 1 aromatic carbocycles. The quantitative estimate of drug-likeness (QED) is 0.861. The lowest BCUT2D eigenvalue weighted by Crippen LogP contribution is -2.20. The van der Waals surface area contributed by atoms with Gasteiger partial charge in [-0.15, -0.1) is 0 Å². The number of methoxy groups -OCH3 is 2. The summed E-state index contributed by atoms with van der Waals surface area (Å²) in [5, 5.41) is 3.00. The SMILES string of the molecule is COC1=CN(Cc2ccc(OC)cc2)C=CN1. The number of hydrogen-bond acceptors (Lipinski definition) is 4. The first kappa shape index (κ1) is 11.4. The van der Waals surface area contributed by atoms with Crippen LogP contribution in [0.3, 0.4) is 0 Å². The van der Waals surface area contributed by atoms with Gasteiger partial charge in [-0.05, 0) is 17.7 Å². The summed E-state index contributed by atoms with van der Waals surface area (Å²) >= 11 is 0. The van der Waals surface area contributed by atoms with Crippen molar-refractivity contribution >= 4 is 0 Å². The van der Waals surface area contributed by atoms with E-state index in [-0.39, 0.29) is 0 Å². The molecule has 1 aliphatic heterocycles. The maximum absolute atomic E-state index is 5.13. The molecule has 0 unspecified atom stereocenters. The van der Waals surface area contributed by atoms with Gasteiger partial charge in [0.2, 0.25) is 5.88 Å². The third-order valence-electron chi connectivity index (χ3n) is 2.52. The Bertz CT molecular complexity index is 424. The Kier molecular flexibility index (Phi) is 3.55. The van der Waals surface area contributed by atoms with Crippen LogP contribution in [0.4, 0.5) is 0 Å². The van der Waals surface area contributed by atoms with E-state index < -0.39 is 0 Å². The van der Waals surface area contributed by atoms with Crippen LogP contribution in [-0.4, -0.2) is 19.1 Å². The van der Waals surface area contributed by atoms with Crippen molar-refractivity contribution in [2.75, 3.05) is 14.2 Å². The normalized spacial score (nSPS) is 14.0. The molecule has 0 bridgehead atoms. The van der Waals surface area contributed by atoms with Gasteiger partial charge < -0.3 is 19.7 Å². The fraction of sp³-hybridized carbons (Fsp3) is 0.231. The number of hydrogen-bond donors (Lipinski definition) is 1. The monoisotopic (exact) mass is 232 g/mol. The van der Waals surface area contributed by atoms with E-state index in [4.69, 9.17) is 9.47 Å². The number of ether oxygens (including phenoxy) is 2. The van der Waals surface area contributed by atoms with Crippen LogP contribution in [0, 0.1) is 0 Å². The summed E-state index contributed by atoms with van der Waals surface area (Å²) in [5.41, 5.74) is 1.21. The van der Waals surface area contributed by atoms with Gasteiger partial charge in [-0.1, -0.05) is 12.1 Å². The zero-order valence-corrected chi connectivity index (χ0v) is 10.0. The minimum atomic E-state index is 0.737. The second-order valence-electron chi connectivity index (χ2n) is 3.68. The summed E-state index contributed by atoms with van der Waals surface area (Å²) in [7, 11) is 3.31. The van der Waals surface area contributed by atoms with Gasteiger partial charge in [0.15, 0.2) is 0 Å². The largest absolute Gasteiger partial charge is 0.497 e. The average Bonchev–Trinajstić information content (AvgIpc) is 2.40. The standard InChI is InChI=1S/C13H16N2O2/c1-16-12-5-3-11(4-6-12)9-15-8-7-14-13(10-15)17-2/h3-8,10,14H,9H2,1-2H3. The lowest BCUT2D eigenvalue weighted by atomic mass is 10.2. The molecule has 0 spiro atoms. The highest BCUT2D eigenvalue weighted by atomic mass is 16.5. The molecule has 4 nitrogen and oxygen atoms in total. The van der Waals surface area contributed by atoms with Crippen molar-refractivity contribution in [2.24, 2.45) is 0 Å². The summed E-state index contributed by atoms with van der Waals surface area (Å²) in [6, 6.07) is 8.02. The van der Waals surface area contributed by atoms with Gasteiger partial charge in [0.1, 0.15) is 5.75 Å². The van der Waals surface area contributed by atoms with Crippen LogP contribution >= 0.6 is 0 Å². The van der Waals surface area contributed by atoms with Gasteiger partial charge in [-0.25, -0.2) is 0 Å². The Hall–Kier alpha value is -2.10. The van der Waals surface area contributed by atoms with Crippen LogP contribution in [0.2, 0.25) is 0 Å². The van der Waals surface area contributed by atoms with Crippen LogP contribution in [0.1, 0.15) is 5.56 Å². The van der Waals surface area contributed by atoms with Gasteiger partial charge in [0.05, 0.1) is 20.4 Å². The molecule has 0 saturated heterocycles. The first-order valence-electron chi connectivity index (χ1n) is 5.39. The van der Waals surface area contributed by atoms with Crippen LogP contribution in [0.25, 0.3) is 0 Å². The molecule has 0 radical (unpaired) electrons. The fourth-order valence-electron chi connectivity index (χ4n) is 1.60. The second-order valence-corrected chi connectivity index (χ2v) is 3.68. The fourth-order valence-corrected chi connectivity index (χ4v) is 1.60. The van der Waals surface area contributed by atoms with E-state index in [1.54, 1.807) is 14.2 Å². The number of rotatable bonds is 4. The molecule has 0 amide bonds. The van der Waals surface area contributed by atoms with Gasteiger partial charge >= 0.3 is 0 Å². The molecule has 4 heteroatoms. The van der Waals surface area contributed by atoms with Crippen molar-refractivity contribution in [2.45, 2.75) is 6.54 Å². The van der Waals surface area contributed by atoms with E-state index in [9.17, 15) is 0 Å². The maximum atomic E-state index is 5.13. The van der Waals surface area contributed by atoms with Crippen molar-refractivity contribution in [3.8, 4) is 5.75 Å². The number of nitrogens with one attached hydrogen (secondary N) is 1. The molecular formula is C13H16N2O2. The van der Waals surface area contributed by atoms with Gasteiger partial charge in [0.25, 0.3) is 0 Å². The average molecular weight is 232 g/mol. The lowest BCUT2D eigenvalue weighted by molar-refractivity contribution is 0.254. The second kappa shape index (κ2) is 5.30. The van der Waals surface area contributed by atoms with E-state index in [1.165, 1.54) is 5.56 Å². The number of nitrogens with zero attached hydrogens (tertiary/aromatic N) is 1. The molecule has 0 saturated carbocycles. The molecule has 0 aromatic heterocycles. The van der Waals surface area contributed by atoms with Crippen LogP contribution in [-0.2, 0) is 11.3 Å². The van der Waals surface area contributed by atoms with Crippen LogP contribution in [0.5, 0.6) is 5.75 Å². The Labute approximate surface area is 101 Å². The third-order valence-corrected chi connectivity index (χ3v) is 2.52. The van der Waals surface area contributed by atoms with Gasteiger partial charge in [-0.2, -0.15) is 0 Å². The first-order chi connectivity index (χ1) is 8.31. The molecule has 17 heavy (non-hydrogen) atoms. The molecular weight excluding hydrogens is 216 g/mol. The van der Waals surface area contributed by atoms with Crippen molar-refractivity contribution in [1.82, 2.24) is 10.2 Å². The third kappa shape index (κ3) is 2.93. The summed E-state index contributed by atoms with van der Waals surface area (Å²) in [5.74, 6) is 1.61. The van der Waals surface area contributed by atoms with Crippen molar-refractivity contribution in [3.05, 3.63) is 54.3 Å². The van der Waals surface area contributed by atoms with E-state index >= 15 is 0 Å². The molecule has 1 heterocycles. The lowest BCUT2D eigenvalue weighted by Gasteiger charge is -2.21. The van der Waals surface area contributed by atoms with E-state index in [2.05, 4.69) is 22.3 Å². The predicted molar refractivity (Wildman–Crippen MR) is 65.9 cm³/mol. The Morgan fingerprint density at radius 1 is 1.12 bits per heavy atom. The van der Waals surface area contributed by atoms with Crippen molar-refractivity contribution in [3.63, 3.8) is 0 Å². The van der Waals surface area contributed by atoms with Crippen molar-refractivity contribution < 1.29 is 9.47 Å². The Morgan fingerprint density at radius 3 is 2.53 bits per heavy atom. The summed E-state index contributed by atoms with van der Waals surface area (Å²) < 4.78 is 10.3. The molecule has 0 fully saturated rings. The molecule has 1 N–H and O–H groups in total. The van der Waals surface area contributed by atoms with Gasteiger partial charge in [0, 0.05) is 18.9 Å². The molecule has 90 valence electrons. The van der Waals surface area contributed by atoms with E-state index in [0.717, 1.165) is 18.2 Å². The highest BCUT2D eigenvalue weighted by molar-refractivity contribution is 5.27. The predicted octanol–water partition coefficient (Wildman–Crippen LogP) is 2.02. The Morgan fingerprint density at radius 2 is 1.88 bits per heavy atom. The molecule has 2 rings (SSSR count). The smallest absolute Gasteiger partial charge is 0.207 e. The molecule has 1 aromatic rings. The van der Waals surface area contributed by atoms with Crippen LogP contribution in [0.15, 0.2) is 48.7 Å². The molecule has 0 atom stereocenters. The first-order valence-corrected chi connectivity index (χ1v) is 5.39. The summed E-state index contributed by atoms with van der Waals surface area (Å²) in [6.45, 7) is 0.801. The summed E-state index contributed by atoms with van der Waals surface area (Å²) in [6.07, 6.45) is 5.74. The zero-order valence-electron chi connectivity index (χ0n) is 10.0. The highest BCUT2D eigenvalue weighted by Gasteiger charge is 2.05. The van der Waals surface area contributed by atoms with E-state index in [0.29, 0.717) is 0 Å². The topological polar surface area (TPSA) is 33.7 Å². The van der Waals surface area contributed by atoms with E-state index in [1.807, 2.05) is 30.7 Å². The molecule has 1 aliphatic rings. The highest BCUT2D eigenvalue weighted by Crippen LogP contribution is 2.14. The van der Waals surface area contributed by atoms with Crippen molar-refractivity contribution in [1.29, 1.82) is 0 Å². The molecule has 0 aliphatic carbocycles. The van der Waals surface area contributed by atoms with Gasteiger partial charge in [-0.3, -0.25) is 0 Å². The minimum Gasteiger partial charge on any atom is -0.497 e. The zero-order chi connectivity index (χ0) is 12.1. The number of benzene rings is 1. The minimum absolute atomic E-state index is 0.737. The summed E-state index contributed by atoms with van der Waals surface area (Å²) in [4.78, 5) is 2.05. The maximum Gasteiger partial charge on any atom is 0.207 e. The Balaban J connectivity index is 2.02. The van der Waals surface area contributed by atoms with Crippen LogP contribution < -0.4 is 10.1 Å².